The average molecular weight is 441 g/mol. The lowest BCUT2D eigenvalue weighted by Crippen LogP contribution is -2.46. The zero-order chi connectivity index (χ0) is 22.8. The van der Waals surface area contributed by atoms with Gasteiger partial charge < -0.3 is 25.2 Å². The molecule has 0 radical (unpaired) electrons. The molecule has 2 unspecified atom stereocenters. The van der Waals surface area contributed by atoms with E-state index in [1.54, 1.807) is 31.2 Å². The van der Waals surface area contributed by atoms with Gasteiger partial charge in [0.15, 0.2) is 11.9 Å². The number of carbonyl (C=O) groups excluding carboxylic acids is 2. The van der Waals surface area contributed by atoms with Crippen molar-refractivity contribution in [3.63, 3.8) is 0 Å². The van der Waals surface area contributed by atoms with E-state index in [0.717, 1.165) is 44.0 Å². The Hall–Kier alpha value is -3.13. The summed E-state index contributed by atoms with van der Waals surface area (Å²) in [5.74, 6) is -0.590. The Morgan fingerprint density at radius 1 is 1.25 bits per heavy atom. The molecule has 2 aliphatic rings. The number of rotatable bonds is 5. The van der Waals surface area contributed by atoms with Crippen LogP contribution in [0.2, 0.25) is 0 Å². The number of para-hydroxylation sites is 1. The summed E-state index contributed by atoms with van der Waals surface area (Å²) in [6.07, 6.45) is -0.689. The molecule has 2 aliphatic heterocycles. The molecule has 0 spiro atoms. The van der Waals surface area contributed by atoms with Crippen molar-refractivity contribution in [1.29, 1.82) is 0 Å². The van der Waals surface area contributed by atoms with E-state index in [9.17, 15) is 14.0 Å². The quantitative estimate of drug-likeness (QED) is 0.747. The van der Waals surface area contributed by atoms with E-state index >= 15 is 0 Å². The minimum absolute atomic E-state index is 0.254. The molecule has 2 atom stereocenters. The molecule has 1 fully saturated rings. The SMILES string of the molecule is CCN1CCN(c2ccc(F)cc2C(C)NC(=O)c2cccc3c2OC(C)C(=O)N3)CC1. The van der Waals surface area contributed by atoms with Gasteiger partial charge in [-0.3, -0.25) is 9.59 Å². The molecule has 2 N–H and O–H groups in total. The van der Waals surface area contributed by atoms with Crippen LogP contribution in [0.5, 0.6) is 5.75 Å². The van der Waals surface area contributed by atoms with Gasteiger partial charge >= 0.3 is 0 Å². The summed E-state index contributed by atoms with van der Waals surface area (Å²) in [6.45, 7) is 10.2. The molecule has 0 bridgehead atoms. The van der Waals surface area contributed by atoms with Crippen LogP contribution in [0.15, 0.2) is 36.4 Å². The third-order valence-corrected chi connectivity index (χ3v) is 6.15. The summed E-state index contributed by atoms with van der Waals surface area (Å²) in [7, 11) is 0. The molecule has 7 nitrogen and oxygen atoms in total. The first-order valence-electron chi connectivity index (χ1n) is 11.1. The predicted molar refractivity (Wildman–Crippen MR) is 122 cm³/mol. The number of benzene rings is 2. The normalized spacial score (nSPS) is 19.6. The maximum absolute atomic E-state index is 14.2. The Morgan fingerprint density at radius 2 is 2.00 bits per heavy atom. The molecule has 2 amide bonds. The van der Waals surface area contributed by atoms with Gasteiger partial charge in [0.2, 0.25) is 0 Å². The summed E-state index contributed by atoms with van der Waals surface area (Å²) in [4.78, 5) is 29.6. The zero-order valence-corrected chi connectivity index (χ0v) is 18.7. The molecule has 0 saturated carbocycles. The highest BCUT2D eigenvalue weighted by atomic mass is 19.1. The summed E-state index contributed by atoms with van der Waals surface area (Å²) in [5, 5.41) is 5.73. The van der Waals surface area contributed by atoms with Gasteiger partial charge in [0, 0.05) is 37.4 Å². The second kappa shape index (κ2) is 9.16. The zero-order valence-electron chi connectivity index (χ0n) is 18.7. The number of carbonyl (C=O) groups is 2. The van der Waals surface area contributed by atoms with Gasteiger partial charge in [0.25, 0.3) is 11.8 Å². The second-order valence-electron chi connectivity index (χ2n) is 8.25. The smallest absolute Gasteiger partial charge is 0.265 e. The van der Waals surface area contributed by atoms with Crippen molar-refractivity contribution < 1.29 is 18.7 Å². The van der Waals surface area contributed by atoms with Crippen molar-refractivity contribution in [2.24, 2.45) is 0 Å². The lowest BCUT2D eigenvalue weighted by molar-refractivity contribution is -0.122. The van der Waals surface area contributed by atoms with E-state index in [4.69, 9.17) is 4.74 Å². The van der Waals surface area contributed by atoms with Crippen LogP contribution in [-0.2, 0) is 4.79 Å². The fourth-order valence-corrected chi connectivity index (χ4v) is 4.22. The van der Waals surface area contributed by atoms with Crippen LogP contribution < -0.4 is 20.3 Å². The maximum atomic E-state index is 14.2. The van der Waals surface area contributed by atoms with E-state index in [1.807, 2.05) is 6.92 Å². The van der Waals surface area contributed by atoms with Crippen molar-refractivity contribution >= 4 is 23.2 Å². The summed E-state index contributed by atoms with van der Waals surface area (Å²) in [5.41, 5.74) is 2.46. The van der Waals surface area contributed by atoms with Gasteiger partial charge in [-0.1, -0.05) is 13.0 Å². The number of likely N-dealkylation sites (N-methyl/N-ethyl adjacent to an activating group) is 1. The van der Waals surface area contributed by atoms with Crippen molar-refractivity contribution in [3.8, 4) is 5.75 Å². The first-order valence-corrected chi connectivity index (χ1v) is 11.1. The Balaban J connectivity index is 1.56. The standard InChI is InChI=1S/C24H29FN4O3/c1-4-28-10-12-29(13-11-28)21-9-8-17(25)14-19(21)15(2)26-24(31)18-6-5-7-20-22(18)32-16(3)23(30)27-20/h5-9,14-16H,4,10-13H2,1-3H3,(H,26,31)(H,27,30). The minimum Gasteiger partial charge on any atom is -0.478 e. The van der Waals surface area contributed by atoms with E-state index in [-0.39, 0.29) is 17.6 Å². The number of hydrogen-bond acceptors (Lipinski definition) is 5. The molecular formula is C24H29FN4O3. The monoisotopic (exact) mass is 440 g/mol. The molecule has 2 aromatic carbocycles. The van der Waals surface area contributed by atoms with E-state index in [2.05, 4.69) is 27.4 Å². The molecule has 170 valence electrons. The number of nitrogens with one attached hydrogen (secondary N) is 2. The number of anilines is 2. The number of ether oxygens (including phenoxy) is 1. The molecule has 2 heterocycles. The van der Waals surface area contributed by atoms with Gasteiger partial charge in [0.1, 0.15) is 5.82 Å². The van der Waals surface area contributed by atoms with Crippen molar-refractivity contribution in [1.82, 2.24) is 10.2 Å². The Kier molecular flexibility index (Phi) is 6.32. The van der Waals surface area contributed by atoms with Gasteiger partial charge in [-0.2, -0.15) is 0 Å². The van der Waals surface area contributed by atoms with E-state index in [0.29, 0.717) is 17.0 Å². The average Bonchev–Trinajstić information content (AvgIpc) is 2.79. The molecule has 0 aromatic heterocycles. The number of piperazine rings is 1. The van der Waals surface area contributed by atoms with E-state index in [1.165, 1.54) is 12.1 Å². The predicted octanol–water partition coefficient (Wildman–Crippen LogP) is 3.18. The van der Waals surface area contributed by atoms with Crippen LogP contribution in [0.4, 0.5) is 15.8 Å². The Morgan fingerprint density at radius 3 is 2.72 bits per heavy atom. The fourth-order valence-electron chi connectivity index (χ4n) is 4.22. The number of halogens is 1. The van der Waals surface area contributed by atoms with Crippen molar-refractivity contribution in [3.05, 3.63) is 53.3 Å². The molecule has 8 heteroatoms. The van der Waals surface area contributed by atoms with Gasteiger partial charge in [-0.25, -0.2) is 4.39 Å². The number of amides is 2. The van der Waals surface area contributed by atoms with Crippen LogP contribution in [0, 0.1) is 5.82 Å². The highest BCUT2D eigenvalue weighted by Crippen LogP contribution is 2.34. The highest BCUT2D eigenvalue weighted by Gasteiger charge is 2.29. The van der Waals surface area contributed by atoms with Gasteiger partial charge in [-0.15, -0.1) is 0 Å². The fraction of sp³-hybridized carbons (Fsp3) is 0.417. The van der Waals surface area contributed by atoms with Crippen molar-refractivity contribution in [2.45, 2.75) is 32.9 Å². The van der Waals surface area contributed by atoms with Crippen LogP contribution in [0.25, 0.3) is 0 Å². The minimum atomic E-state index is -0.689. The highest BCUT2D eigenvalue weighted by molar-refractivity contribution is 6.04. The molecule has 2 aromatic rings. The molecule has 4 rings (SSSR count). The Bertz CT molecular complexity index is 1020. The lowest BCUT2D eigenvalue weighted by Gasteiger charge is -2.37. The molecule has 32 heavy (non-hydrogen) atoms. The maximum Gasteiger partial charge on any atom is 0.265 e. The number of fused-ring (bicyclic) bond motifs is 1. The molecular weight excluding hydrogens is 411 g/mol. The summed E-state index contributed by atoms with van der Waals surface area (Å²) >= 11 is 0. The molecule has 0 aliphatic carbocycles. The van der Waals surface area contributed by atoms with Gasteiger partial charge in [-0.05, 0) is 50.7 Å². The Labute approximate surface area is 187 Å². The van der Waals surface area contributed by atoms with E-state index < -0.39 is 12.1 Å². The summed E-state index contributed by atoms with van der Waals surface area (Å²) in [6, 6.07) is 9.36. The first-order chi connectivity index (χ1) is 15.4. The lowest BCUT2D eigenvalue weighted by atomic mass is 10.0. The van der Waals surface area contributed by atoms with Crippen LogP contribution in [0.3, 0.4) is 0 Å². The van der Waals surface area contributed by atoms with Crippen LogP contribution in [-0.4, -0.2) is 55.5 Å². The largest absolute Gasteiger partial charge is 0.478 e. The number of hydrogen-bond donors (Lipinski definition) is 2. The molecule has 1 saturated heterocycles. The van der Waals surface area contributed by atoms with Gasteiger partial charge in [0.05, 0.1) is 17.3 Å². The third-order valence-electron chi connectivity index (χ3n) is 6.15. The first kappa shape index (κ1) is 22.1. The summed E-state index contributed by atoms with van der Waals surface area (Å²) < 4.78 is 19.9. The van der Waals surface area contributed by atoms with Crippen LogP contribution in [0.1, 0.15) is 42.7 Å². The third kappa shape index (κ3) is 4.41. The van der Waals surface area contributed by atoms with Crippen LogP contribution >= 0.6 is 0 Å². The number of nitrogens with zero attached hydrogens (tertiary/aromatic N) is 2. The van der Waals surface area contributed by atoms with Crippen molar-refractivity contribution in [2.75, 3.05) is 42.9 Å². The topological polar surface area (TPSA) is 73.9 Å². The second-order valence-corrected chi connectivity index (χ2v) is 8.25.